The number of aromatic nitrogens is 2. The highest BCUT2D eigenvalue weighted by Crippen LogP contribution is 2.46. The van der Waals surface area contributed by atoms with Crippen LogP contribution in [0.2, 0.25) is 0 Å². The summed E-state index contributed by atoms with van der Waals surface area (Å²) in [5.41, 5.74) is -0.266. The van der Waals surface area contributed by atoms with Gasteiger partial charge in [0.05, 0.1) is 0 Å². The van der Waals surface area contributed by atoms with E-state index in [0.29, 0.717) is 6.54 Å². The second-order valence-electron chi connectivity index (χ2n) is 6.58. The number of likely N-dealkylation sites (tertiary alicyclic amines) is 1. The second-order valence-corrected chi connectivity index (χ2v) is 6.58. The number of carbonyl (C=O) groups is 2. The molecule has 124 valence electrons. The smallest absolute Gasteiger partial charge is 0.356 e. The molecule has 1 amide bonds. The van der Waals surface area contributed by atoms with Crippen LogP contribution in [0.4, 0.5) is 0 Å². The molecule has 3 rings (SSSR count). The molecule has 1 aromatic heterocycles. The van der Waals surface area contributed by atoms with Gasteiger partial charge in [-0.05, 0) is 38.8 Å². The molecule has 7 heteroatoms. The Morgan fingerprint density at radius 2 is 1.78 bits per heavy atom. The number of hydrogen-bond donors (Lipinski definition) is 2. The fourth-order valence-corrected chi connectivity index (χ4v) is 3.17. The van der Waals surface area contributed by atoms with E-state index in [4.69, 9.17) is 5.11 Å². The summed E-state index contributed by atoms with van der Waals surface area (Å²) in [5.74, 6) is -1.70. The average molecular weight is 318 g/mol. The lowest BCUT2D eigenvalue weighted by molar-refractivity contribution is 0.0682. The van der Waals surface area contributed by atoms with Crippen molar-refractivity contribution in [1.82, 2.24) is 20.2 Å². The zero-order chi connectivity index (χ0) is 16.3. The van der Waals surface area contributed by atoms with Gasteiger partial charge in [0.1, 0.15) is 0 Å². The molecule has 2 aliphatic rings. The first kappa shape index (κ1) is 15.9. The molecule has 0 radical (unpaired) electrons. The van der Waals surface area contributed by atoms with E-state index in [0.717, 1.165) is 32.5 Å². The van der Waals surface area contributed by atoms with Crippen molar-refractivity contribution in [1.29, 1.82) is 0 Å². The number of amides is 1. The number of carbonyl (C=O) groups excluding carboxylic acids is 1. The van der Waals surface area contributed by atoms with E-state index >= 15 is 0 Å². The lowest BCUT2D eigenvalue weighted by Gasteiger charge is -2.30. The van der Waals surface area contributed by atoms with E-state index in [1.807, 2.05) is 0 Å². The third-order valence-corrected chi connectivity index (χ3v) is 4.70. The second kappa shape index (κ2) is 6.62. The number of nitrogens with zero attached hydrogens (tertiary/aromatic N) is 3. The summed E-state index contributed by atoms with van der Waals surface area (Å²) >= 11 is 0. The highest BCUT2D eigenvalue weighted by molar-refractivity contribution is 6.01. The Morgan fingerprint density at radius 1 is 1.13 bits per heavy atom. The maximum Gasteiger partial charge on any atom is 0.356 e. The molecule has 2 fully saturated rings. The molecule has 0 unspecified atom stereocenters. The minimum atomic E-state index is -1.24. The number of aromatic carboxylic acids is 1. The number of carboxylic acids is 1. The molecule has 0 aromatic carbocycles. The first-order valence-electron chi connectivity index (χ1n) is 8.15. The Balaban J connectivity index is 1.57. The van der Waals surface area contributed by atoms with Gasteiger partial charge in [0.2, 0.25) is 0 Å². The topological polar surface area (TPSA) is 95.4 Å². The molecular formula is C16H22N4O3. The van der Waals surface area contributed by atoms with Gasteiger partial charge in [0.15, 0.2) is 11.4 Å². The summed E-state index contributed by atoms with van der Waals surface area (Å²) in [6.45, 7) is 3.86. The first-order chi connectivity index (χ1) is 11.1. The van der Waals surface area contributed by atoms with E-state index in [1.54, 1.807) is 0 Å². The van der Waals surface area contributed by atoms with Crippen molar-refractivity contribution >= 4 is 11.9 Å². The maximum atomic E-state index is 12.2. The largest absolute Gasteiger partial charge is 0.476 e. The summed E-state index contributed by atoms with van der Waals surface area (Å²) in [4.78, 5) is 33.4. The van der Waals surface area contributed by atoms with Crippen LogP contribution in [-0.2, 0) is 0 Å². The molecule has 1 saturated carbocycles. The maximum absolute atomic E-state index is 12.2. The van der Waals surface area contributed by atoms with Crippen molar-refractivity contribution in [2.75, 3.05) is 26.2 Å². The van der Waals surface area contributed by atoms with Gasteiger partial charge in [0, 0.05) is 30.9 Å². The van der Waals surface area contributed by atoms with Crippen molar-refractivity contribution in [2.24, 2.45) is 5.41 Å². The number of piperidine rings is 1. The van der Waals surface area contributed by atoms with Gasteiger partial charge < -0.3 is 15.3 Å². The average Bonchev–Trinajstić information content (AvgIpc) is 3.33. The van der Waals surface area contributed by atoms with Crippen molar-refractivity contribution < 1.29 is 14.7 Å². The third kappa shape index (κ3) is 3.85. The van der Waals surface area contributed by atoms with Crippen LogP contribution in [0.5, 0.6) is 0 Å². The standard InChI is InChI=1S/C16H22N4O3/c21-14(12-13(15(22)23)18-7-6-17-12)19-10-16(4-5-16)11-20-8-2-1-3-9-20/h6-7H,1-5,8-11H2,(H,19,21)(H,22,23). The number of hydrogen-bond acceptors (Lipinski definition) is 5. The number of rotatable bonds is 6. The monoisotopic (exact) mass is 318 g/mol. The van der Waals surface area contributed by atoms with Gasteiger partial charge in [-0.3, -0.25) is 4.79 Å². The Morgan fingerprint density at radius 3 is 2.39 bits per heavy atom. The van der Waals surface area contributed by atoms with E-state index < -0.39 is 11.9 Å². The molecule has 1 saturated heterocycles. The molecule has 0 spiro atoms. The van der Waals surface area contributed by atoms with E-state index in [1.165, 1.54) is 31.7 Å². The van der Waals surface area contributed by atoms with Crippen LogP contribution >= 0.6 is 0 Å². The van der Waals surface area contributed by atoms with E-state index in [9.17, 15) is 9.59 Å². The van der Waals surface area contributed by atoms with Crippen LogP contribution < -0.4 is 5.32 Å². The number of carboxylic acid groups (broad SMARTS) is 1. The first-order valence-corrected chi connectivity index (χ1v) is 8.15. The SMILES string of the molecule is O=C(O)c1nccnc1C(=O)NCC1(CN2CCCCC2)CC1. The zero-order valence-corrected chi connectivity index (χ0v) is 13.1. The minimum absolute atomic E-state index is 0.117. The van der Waals surface area contributed by atoms with E-state index in [2.05, 4.69) is 20.2 Å². The molecule has 1 aliphatic carbocycles. The quantitative estimate of drug-likeness (QED) is 0.817. The summed E-state index contributed by atoms with van der Waals surface area (Å²) in [7, 11) is 0. The van der Waals surface area contributed by atoms with Crippen molar-refractivity contribution in [3.8, 4) is 0 Å². The van der Waals surface area contributed by atoms with Gasteiger partial charge in [-0.2, -0.15) is 0 Å². The lowest BCUT2D eigenvalue weighted by atomic mass is 10.0. The summed E-state index contributed by atoms with van der Waals surface area (Å²) in [6.07, 6.45) is 8.64. The zero-order valence-electron chi connectivity index (χ0n) is 13.1. The number of nitrogens with one attached hydrogen (secondary N) is 1. The Bertz CT molecular complexity index is 595. The van der Waals surface area contributed by atoms with Crippen molar-refractivity contribution in [2.45, 2.75) is 32.1 Å². The third-order valence-electron chi connectivity index (χ3n) is 4.70. The van der Waals surface area contributed by atoms with Crippen LogP contribution in [0.3, 0.4) is 0 Å². The van der Waals surface area contributed by atoms with Crippen LogP contribution in [0, 0.1) is 5.41 Å². The van der Waals surface area contributed by atoms with Crippen molar-refractivity contribution in [3.05, 3.63) is 23.8 Å². The molecule has 0 bridgehead atoms. The molecule has 2 N–H and O–H groups in total. The van der Waals surface area contributed by atoms with Crippen LogP contribution in [-0.4, -0.2) is 58.0 Å². The fourth-order valence-electron chi connectivity index (χ4n) is 3.17. The lowest BCUT2D eigenvalue weighted by Crippen LogP contribution is -2.40. The predicted octanol–water partition coefficient (Wildman–Crippen LogP) is 1.17. The van der Waals surface area contributed by atoms with Crippen LogP contribution in [0.1, 0.15) is 53.1 Å². The minimum Gasteiger partial charge on any atom is -0.476 e. The van der Waals surface area contributed by atoms with Crippen molar-refractivity contribution in [3.63, 3.8) is 0 Å². The van der Waals surface area contributed by atoms with E-state index in [-0.39, 0.29) is 16.8 Å². The van der Waals surface area contributed by atoms with Gasteiger partial charge in [0.25, 0.3) is 5.91 Å². The highest BCUT2D eigenvalue weighted by Gasteiger charge is 2.44. The Kier molecular flexibility index (Phi) is 4.56. The summed E-state index contributed by atoms with van der Waals surface area (Å²) in [6, 6.07) is 0. The molecule has 7 nitrogen and oxygen atoms in total. The predicted molar refractivity (Wildman–Crippen MR) is 83.3 cm³/mol. The molecule has 23 heavy (non-hydrogen) atoms. The van der Waals surface area contributed by atoms with Crippen LogP contribution in [0.15, 0.2) is 12.4 Å². The van der Waals surface area contributed by atoms with Gasteiger partial charge in [-0.15, -0.1) is 0 Å². The molecule has 1 aromatic rings. The molecule has 1 aliphatic heterocycles. The molecule has 0 atom stereocenters. The molecule has 2 heterocycles. The van der Waals surface area contributed by atoms with Gasteiger partial charge in [-0.1, -0.05) is 6.42 Å². The van der Waals surface area contributed by atoms with Crippen LogP contribution in [0.25, 0.3) is 0 Å². The fraction of sp³-hybridized carbons (Fsp3) is 0.625. The highest BCUT2D eigenvalue weighted by atomic mass is 16.4. The Labute approximate surface area is 135 Å². The van der Waals surface area contributed by atoms with Gasteiger partial charge >= 0.3 is 5.97 Å². The molecular weight excluding hydrogens is 296 g/mol. The summed E-state index contributed by atoms with van der Waals surface area (Å²) < 4.78 is 0. The summed E-state index contributed by atoms with van der Waals surface area (Å²) in [5, 5.41) is 11.9. The Hall–Kier alpha value is -2.02. The van der Waals surface area contributed by atoms with Gasteiger partial charge in [-0.25, -0.2) is 14.8 Å². The normalized spacial score (nSPS) is 20.0.